The summed E-state index contributed by atoms with van der Waals surface area (Å²) in [5, 5.41) is 3.64. The van der Waals surface area contributed by atoms with Crippen molar-refractivity contribution in [2.24, 2.45) is 5.92 Å². The molecule has 1 N–H and O–H groups in total. The van der Waals surface area contributed by atoms with Crippen LogP contribution < -0.4 is 5.32 Å². The molecule has 1 saturated carbocycles. The van der Waals surface area contributed by atoms with Gasteiger partial charge in [0, 0.05) is 25.7 Å². The Bertz CT molecular complexity index is 226. The molecule has 0 aromatic carbocycles. The van der Waals surface area contributed by atoms with Gasteiger partial charge in [-0.15, -0.1) is 0 Å². The number of morpholine rings is 1. The van der Waals surface area contributed by atoms with Crippen molar-refractivity contribution in [3.63, 3.8) is 0 Å². The van der Waals surface area contributed by atoms with Crippen LogP contribution in [0.25, 0.3) is 0 Å². The Morgan fingerprint density at radius 2 is 2.19 bits per heavy atom. The minimum absolute atomic E-state index is 0.0402. The maximum absolute atomic E-state index is 5.75. The number of hydrogen-bond acceptors (Lipinski definition) is 3. The molecule has 2 rings (SSSR count). The molecule has 3 nitrogen and oxygen atoms in total. The van der Waals surface area contributed by atoms with Crippen molar-refractivity contribution in [1.82, 2.24) is 10.2 Å². The highest BCUT2D eigenvalue weighted by atomic mass is 16.5. The lowest BCUT2D eigenvalue weighted by Gasteiger charge is -2.39. The number of hydrogen-bond donors (Lipinski definition) is 1. The van der Waals surface area contributed by atoms with Gasteiger partial charge in [0.1, 0.15) is 0 Å². The predicted octanol–water partition coefficient (Wildman–Crippen LogP) is 1.49. The highest BCUT2D eigenvalue weighted by Gasteiger charge is 2.34. The second-order valence-electron chi connectivity index (χ2n) is 5.84. The van der Waals surface area contributed by atoms with E-state index >= 15 is 0 Å². The smallest absolute Gasteiger partial charge is 0.0753 e. The molecule has 94 valence electrons. The minimum atomic E-state index is 0.0402. The summed E-state index contributed by atoms with van der Waals surface area (Å²) in [5.41, 5.74) is 0.0402. The van der Waals surface area contributed by atoms with Crippen molar-refractivity contribution in [2.75, 3.05) is 32.8 Å². The molecule has 16 heavy (non-hydrogen) atoms. The van der Waals surface area contributed by atoms with Gasteiger partial charge in [0.15, 0.2) is 0 Å². The Balaban J connectivity index is 1.82. The van der Waals surface area contributed by atoms with Crippen LogP contribution in [0, 0.1) is 5.92 Å². The van der Waals surface area contributed by atoms with E-state index in [2.05, 4.69) is 31.0 Å². The van der Waals surface area contributed by atoms with Gasteiger partial charge < -0.3 is 10.1 Å². The fourth-order valence-electron chi connectivity index (χ4n) is 2.69. The van der Waals surface area contributed by atoms with Gasteiger partial charge in [-0.1, -0.05) is 6.92 Å². The fourth-order valence-corrected chi connectivity index (χ4v) is 2.69. The molecule has 0 spiro atoms. The van der Waals surface area contributed by atoms with E-state index in [-0.39, 0.29) is 5.60 Å². The summed E-state index contributed by atoms with van der Waals surface area (Å²) in [5.74, 6) is 0.936. The van der Waals surface area contributed by atoms with Crippen molar-refractivity contribution < 1.29 is 4.74 Å². The van der Waals surface area contributed by atoms with E-state index < -0.39 is 0 Å². The molecule has 1 atom stereocenters. The Hall–Kier alpha value is -0.120. The van der Waals surface area contributed by atoms with Crippen molar-refractivity contribution in [3.05, 3.63) is 0 Å². The van der Waals surface area contributed by atoms with E-state index in [0.29, 0.717) is 6.04 Å². The van der Waals surface area contributed by atoms with Crippen LogP contribution in [-0.4, -0.2) is 49.3 Å². The quantitative estimate of drug-likeness (QED) is 0.768. The van der Waals surface area contributed by atoms with Crippen LogP contribution >= 0.6 is 0 Å². The summed E-state index contributed by atoms with van der Waals surface area (Å²) in [6.07, 6.45) is 2.84. The zero-order valence-electron chi connectivity index (χ0n) is 11.0. The van der Waals surface area contributed by atoms with Gasteiger partial charge in [-0.25, -0.2) is 0 Å². The highest BCUT2D eigenvalue weighted by molar-refractivity contribution is 4.90. The first-order chi connectivity index (χ1) is 7.61. The molecular formula is C13H26N2O. The fraction of sp³-hybridized carbons (Fsp3) is 1.00. The Labute approximate surface area is 99.5 Å². The maximum atomic E-state index is 5.75. The zero-order valence-corrected chi connectivity index (χ0v) is 11.0. The van der Waals surface area contributed by atoms with E-state index in [1.54, 1.807) is 0 Å². The van der Waals surface area contributed by atoms with Crippen LogP contribution in [0.1, 0.15) is 33.6 Å². The Morgan fingerprint density at radius 3 is 2.75 bits per heavy atom. The van der Waals surface area contributed by atoms with Crippen molar-refractivity contribution in [1.29, 1.82) is 0 Å². The van der Waals surface area contributed by atoms with E-state index in [0.717, 1.165) is 32.2 Å². The standard InChI is InChI=1S/C13H26N2O/c1-4-14-12(11-5-6-11)9-15-7-8-16-13(2,3)10-15/h11-12,14H,4-10H2,1-3H3. The van der Waals surface area contributed by atoms with Crippen LogP contribution in [0.15, 0.2) is 0 Å². The third-order valence-electron chi connectivity index (χ3n) is 3.62. The molecule has 2 aliphatic rings. The summed E-state index contributed by atoms with van der Waals surface area (Å²) in [4.78, 5) is 2.56. The molecule has 1 aliphatic carbocycles. The molecule has 2 fully saturated rings. The van der Waals surface area contributed by atoms with Crippen LogP contribution in [0.5, 0.6) is 0 Å². The van der Waals surface area contributed by atoms with E-state index in [4.69, 9.17) is 4.74 Å². The first-order valence-electron chi connectivity index (χ1n) is 6.70. The molecule has 3 heteroatoms. The molecular weight excluding hydrogens is 200 g/mol. The van der Waals surface area contributed by atoms with Gasteiger partial charge in [0.25, 0.3) is 0 Å². The molecule has 0 bridgehead atoms. The SMILES string of the molecule is CCNC(CN1CCOC(C)(C)C1)C1CC1. The number of likely N-dealkylation sites (N-methyl/N-ethyl adjacent to an activating group) is 1. The van der Waals surface area contributed by atoms with Crippen molar-refractivity contribution in [2.45, 2.75) is 45.3 Å². The van der Waals surface area contributed by atoms with Crippen LogP contribution in [0.3, 0.4) is 0 Å². The summed E-state index contributed by atoms with van der Waals surface area (Å²) in [6, 6.07) is 0.707. The largest absolute Gasteiger partial charge is 0.373 e. The number of nitrogens with one attached hydrogen (secondary N) is 1. The number of nitrogens with zero attached hydrogens (tertiary/aromatic N) is 1. The second kappa shape index (κ2) is 5.03. The average molecular weight is 226 g/mol. The molecule has 0 radical (unpaired) electrons. The molecule has 0 aromatic rings. The summed E-state index contributed by atoms with van der Waals surface area (Å²) >= 11 is 0. The van der Waals surface area contributed by atoms with Crippen molar-refractivity contribution >= 4 is 0 Å². The minimum Gasteiger partial charge on any atom is -0.373 e. The molecule has 1 saturated heterocycles. The monoisotopic (exact) mass is 226 g/mol. The van der Waals surface area contributed by atoms with Gasteiger partial charge in [-0.05, 0) is 39.2 Å². The predicted molar refractivity (Wildman–Crippen MR) is 66.7 cm³/mol. The lowest BCUT2D eigenvalue weighted by atomic mass is 10.1. The number of rotatable bonds is 5. The van der Waals surface area contributed by atoms with Crippen molar-refractivity contribution in [3.8, 4) is 0 Å². The second-order valence-corrected chi connectivity index (χ2v) is 5.84. The summed E-state index contributed by atoms with van der Waals surface area (Å²) < 4.78 is 5.75. The van der Waals surface area contributed by atoms with Gasteiger partial charge in [-0.2, -0.15) is 0 Å². The Kier molecular flexibility index (Phi) is 3.88. The van der Waals surface area contributed by atoms with E-state index in [1.807, 2.05) is 0 Å². The third-order valence-corrected chi connectivity index (χ3v) is 3.62. The molecule has 1 heterocycles. The average Bonchev–Trinajstić information content (AvgIpc) is 2.98. The third kappa shape index (κ3) is 3.44. The topological polar surface area (TPSA) is 24.5 Å². The van der Waals surface area contributed by atoms with Gasteiger partial charge in [0.05, 0.1) is 12.2 Å². The van der Waals surface area contributed by atoms with Crippen LogP contribution in [-0.2, 0) is 4.74 Å². The van der Waals surface area contributed by atoms with Gasteiger partial charge >= 0.3 is 0 Å². The molecule has 0 aromatic heterocycles. The van der Waals surface area contributed by atoms with Gasteiger partial charge in [0.2, 0.25) is 0 Å². The normalized spacial score (nSPS) is 27.9. The van der Waals surface area contributed by atoms with E-state index in [9.17, 15) is 0 Å². The van der Waals surface area contributed by atoms with Gasteiger partial charge in [-0.3, -0.25) is 4.90 Å². The first-order valence-corrected chi connectivity index (χ1v) is 6.70. The zero-order chi connectivity index (χ0) is 11.6. The highest BCUT2D eigenvalue weighted by Crippen LogP contribution is 2.33. The molecule has 0 amide bonds. The van der Waals surface area contributed by atoms with Crippen LogP contribution in [0.2, 0.25) is 0 Å². The molecule has 1 aliphatic heterocycles. The molecule has 1 unspecified atom stereocenters. The van der Waals surface area contributed by atoms with E-state index in [1.165, 1.54) is 19.4 Å². The Morgan fingerprint density at radius 1 is 1.44 bits per heavy atom. The first kappa shape index (κ1) is 12.3. The number of ether oxygens (including phenoxy) is 1. The lowest BCUT2D eigenvalue weighted by Crippen LogP contribution is -2.52. The summed E-state index contributed by atoms with van der Waals surface area (Å²) in [6.45, 7) is 11.9. The summed E-state index contributed by atoms with van der Waals surface area (Å²) in [7, 11) is 0. The maximum Gasteiger partial charge on any atom is 0.0753 e. The lowest BCUT2D eigenvalue weighted by molar-refractivity contribution is -0.0879. The van der Waals surface area contributed by atoms with Crippen LogP contribution in [0.4, 0.5) is 0 Å².